The molecule has 1 unspecified atom stereocenters. The van der Waals surface area contributed by atoms with Gasteiger partial charge in [-0.15, -0.1) is 11.6 Å². The molecule has 0 N–H and O–H groups in total. The van der Waals surface area contributed by atoms with Crippen molar-refractivity contribution in [2.75, 3.05) is 7.05 Å². The van der Waals surface area contributed by atoms with Gasteiger partial charge in [0.25, 0.3) is 0 Å². The highest BCUT2D eigenvalue weighted by atomic mass is 35.5. The topological polar surface area (TPSA) is 37.4 Å². The van der Waals surface area contributed by atoms with Crippen LogP contribution in [0.4, 0.5) is 0 Å². The highest BCUT2D eigenvalue weighted by molar-refractivity contribution is 7.89. The second kappa shape index (κ2) is 6.27. The molecular weight excluding hydrogens is 306 g/mol. The van der Waals surface area contributed by atoms with Gasteiger partial charge in [0.05, 0.1) is 4.90 Å². The summed E-state index contributed by atoms with van der Waals surface area (Å²) in [4.78, 5) is 0.349. The SMILES string of the molecule is Cc1cc(C)c(S(=O)(=O)N(C)C(C)C(C)(C)C)cc1CCl. The van der Waals surface area contributed by atoms with Crippen LogP contribution >= 0.6 is 11.6 Å². The molecule has 0 bridgehead atoms. The minimum absolute atomic E-state index is 0.109. The molecule has 0 saturated carbocycles. The number of halogens is 1. The van der Waals surface area contributed by atoms with Gasteiger partial charge < -0.3 is 0 Å². The first-order valence-electron chi connectivity index (χ1n) is 7.07. The maximum atomic E-state index is 12.9. The third kappa shape index (κ3) is 3.79. The Balaban J connectivity index is 3.38. The summed E-state index contributed by atoms with van der Waals surface area (Å²) in [5.74, 6) is 0.313. The zero-order valence-electron chi connectivity index (χ0n) is 14.0. The molecular formula is C16H26ClNO2S. The fourth-order valence-corrected chi connectivity index (χ4v) is 4.29. The Kier molecular flexibility index (Phi) is 5.51. The number of sulfonamides is 1. The maximum Gasteiger partial charge on any atom is 0.243 e. The van der Waals surface area contributed by atoms with Gasteiger partial charge in [-0.1, -0.05) is 26.8 Å². The number of benzene rings is 1. The van der Waals surface area contributed by atoms with Crippen molar-refractivity contribution >= 4 is 21.6 Å². The number of hydrogen-bond acceptors (Lipinski definition) is 2. The smallest absolute Gasteiger partial charge is 0.207 e. The van der Waals surface area contributed by atoms with Gasteiger partial charge in [0.2, 0.25) is 10.0 Å². The largest absolute Gasteiger partial charge is 0.243 e. The average Bonchev–Trinajstić information content (AvgIpc) is 2.35. The van der Waals surface area contributed by atoms with Crippen molar-refractivity contribution in [1.82, 2.24) is 4.31 Å². The molecule has 0 radical (unpaired) electrons. The summed E-state index contributed by atoms with van der Waals surface area (Å²) in [5.41, 5.74) is 2.51. The molecule has 120 valence electrons. The van der Waals surface area contributed by atoms with E-state index >= 15 is 0 Å². The fraction of sp³-hybridized carbons (Fsp3) is 0.625. The van der Waals surface area contributed by atoms with Gasteiger partial charge in [-0.25, -0.2) is 8.42 Å². The van der Waals surface area contributed by atoms with Crippen molar-refractivity contribution in [2.24, 2.45) is 5.41 Å². The molecule has 0 aliphatic carbocycles. The summed E-state index contributed by atoms with van der Waals surface area (Å²) in [5, 5.41) is 0. The van der Waals surface area contributed by atoms with E-state index in [2.05, 4.69) is 0 Å². The van der Waals surface area contributed by atoms with E-state index in [4.69, 9.17) is 11.6 Å². The molecule has 0 amide bonds. The van der Waals surface area contributed by atoms with Crippen LogP contribution in [0.2, 0.25) is 0 Å². The third-order valence-electron chi connectivity index (χ3n) is 4.23. The van der Waals surface area contributed by atoms with E-state index in [9.17, 15) is 8.42 Å². The summed E-state index contributed by atoms with van der Waals surface area (Å²) in [6, 6.07) is 3.49. The fourth-order valence-electron chi connectivity index (χ4n) is 2.21. The van der Waals surface area contributed by atoms with Gasteiger partial charge >= 0.3 is 0 Å². The van der Waals surface area contributed by atoms with Crippen LogP contribution in [0.15, 0.2) is 17.0 Å². The molecule has 1 aromatic carbocycles. The van der Waals surface area contributed by atoms with E-state index in [0.29, 0.717) is 10.8 Å². The molecule has 0 aliphatic rings. The lowest BCUT2D eigenvalue weighted by Crippen LogP contribution is -2.43. The van der Waals surface area contributed by atoms with Crippen molar-refractivity contribution in [3.05, 3.63) is 28.8 Å². The Morgan fingerprint density at radius 2 is 1.71 bits per heavy atom. The van der Waals surface area contributed by atoms with Gasteiger partial charge in [-0.3, -0.25) is 0 Å². The van der Waals surface area contributed by atoms with Crippen LogP contribution < -0.4 is 0 Å². The van der Waals surface area contributed by atoms with Crippen LogP contribution in [-0.2, 0) is 15.9 Å². The van der Waals surface area contributed by atoms with Crippen LogP contribution in [0.1, 0.15) is 44.4 Å². The molecule has 1 aromatic rings. The van der Waals surface area contributed by atoms with Crippen LogP contribution in [0.25, 0.3) is 0 Å². The molecule has 0 aromatic heterocycles. The Labute approximate surface area is 134 Å². The summed E-state index contributed by atoms with van der Waals surface area (Å²) < 4.78 is 27.3. The molecule has 21 heavy (non-hydrogen) atoms. The first kappa shape index (κ1) is 18.5. The molecule has 0 saturated heterocycles. The number of rotatable bonds is 4. The third-order valence-corrected chi connectivity index (χ3v) is 6.59. The van der Waals surface area contributed by atoms with Crippen LogP contribution in [0.5, 0.6) is 0 Å². The van der Waals surface area contributed by atoms with Gasteiger partial charge in [-0.05, 0) is 48.9 Å². The van der Waals surface area contributed by atoms with Crippen molar-refractivity contribution in [2.45, 2.75) is 58.4 Å². The lowest BCUT2D eigenvalue weighted by atomic mass is 9.88. The highest BCUT2D eigenvalue weighted by Crippen LogP contribution is 2.30. The number of hydrogen-bond donors (Lipinski definition) is 0. The van der Waals surface area contributed by atoms with Gasteiger partial charge in [0.15, 0.2) is 0 Å². The number of nitrogens with zero attached hydrogens (tertiary/aromatic N) is 1. The minimum Gasteiger partial charge on any atom is -0.207 e. The first-order valence-corrected chi connectivity index (χ1v) is 9.04. The average molecular weight is 332 g/mol. The molecule has 0 fully saturated rings. The Morgan fingerprint density at radius 3 is 2.14 bits per heavy atom. The maximum absolute atomic E-state index is 12.9. The zero-order valence-corrected chi connectivity index (χ0v) is 15.6. The van der Waals surface area contributed by atoms with Crippen molar-refractivity contribution in [1.29, 1.82) is 0 Å². The van der Waals surface area contributed by atoms with E-state index < -0.39 is 10.0 Å². The van der Waals surface area contributed by atoms with E-state index in [0.717, 1.165) is 16.7 Å². The molecule has 5 heteroatoms. The summed E-state index contributed by atoms with van der Waals surface area (Å²) in [6.45, 7) is 11.8. The van der Waals surface area contributed by atoms with E-state index in [1.54, 1.807) is 13.1 Å². The predicted molar refractivity (Wildman–Crippen MR) is 89.3 cm³/mol. The zero-order chi connectivity index (χ0) is 16.6. The monoisotopic (exact) mass is 331 g/mol. The highest BCUT2D eigenvalue weighted by Gasteiger charge is 2.33. The predicted octanol–water partition coefficient (Wildman–Crippen LogP) is 4.10. The molecule has 1 atom stereocenters. The summed E-state index contributed by atoms with van der Waals surface area (Å²) >= 11 is 5.91. The molecule has 0 heterocycles. The van der Waals surface area contributed by atoms with Crippen LogP contribution in [0, 0.1) is 19.3 Å². The van der Waals surface area contributed by atoms with Gasteiger partial charge in [-0.2, -0.15) is 4.31 Å². The van der Waals surface area contributed by atoms with Crippen LogP contribution in [0.3, 0.4) is 0 Å². The minimum atomic E-state index is -3.53. The second-order valence-electron chi connectivity index (χ2n) is 6.74. The molecule has 1 rings (SSSR count). The van der Waals surface area contributed by atoms with E-state index in [1.165, 1.54) is 4.31 Å². The standard InChI is InChI=1S/C16H26ClNO2S/c1-11-8-12(2)15(9-14(11)10-17)21(19,20)18(7)13(3)16(4,5)6/h8-9,13H,10H2,1-7H3. The Morgan fingerprint density at radius 1 is 1.19 bits per heavy atom. The summed E-state index contributed by atoms with van der Waals surface area (Å²) in [7, 11) is -1.88. The molecule has 3 nitrogen and oxygen atoms in total. The van der Waals surface area contributed by atoms with Crippen LogP contribution in [-0.4, -0.2) is 25.8 Å². The van der Waals surface area contributed by atoms with E-state index in [-0.39, 0.29) is 11.5 Å². The Hall–Kier alpha value is -0.580. The Bertz CT molecular complexity index is 618. The normalized spacial score (nSPS) is 14.5. The van der Waals surface area contributed by atoms with Crippen molar-refractivity contribution in [3.8, 4) is 0 Å². The van der Waals surface area contributed by atoms with E-state index in [1.807, 2.05) is 47.6 Å². The van der Waals surface area contributed by atoms with Gasteiger partial charge in [0.1, 0.15) is 0 Å². The lowest BCUT2D eigenvalue weighted by molar-refractivity contribution is 0.216. The summed E-state index contributed by atoms with van der Waals surface area (Å²) in [6.07, 6.45) is 0. The lowest BCUT2D eigenvalue weighted by Gasteiger charge is -2.34. The number of alkyl halides is 1. The number of aryl methyl sites for hydroxylation is 2. The quantitative estimate of drug-likeness (QED) is 0.779. The first-order chi connectivity index (χ1) is 9.42. The van der Waals surface area contributed by atoms with Crippen molar-refractivity contribution < 1.29 is 8.42 Å². The van der Waals surface area contributed by atoms with Crippen molar-refractivity contribution in [3.63, 3.8) is 0 Å². The molecule has 0 aliphatic heterocycles. The van der Waals surface area contributed by atoms with Gasteiger partial charge in [0, 0.05) is 19.0 Å². The second-order valence-corrected chi connectivity index (χ2v) is 8.97. The molecule has 0 spiro atoms.